The van der Waals surface area contributed by atoms with Gasteiger partial charge in [0.1, 0.15) is 11.1 Å². The fraction of sp³-hybridized carbons (Fsp3) is 0.222. The van der Waals surface area contributed by atoms with Gasteiger partial charge in [-0.15, -0.1) is 0 Å². The molecular weight excluding hydrogens is 138 g/mol. The quantitative estimate of drug-likeness (QED) is 0.573. The second-order valence-corrected chi connectivity index (χ2v) is 2.63. The van der Waals surface area contributed by atoms with E-state index in [1.54, 1.807) is 6.20 Å². The fourth-order valence-electron chi connectivity index (χ4n) is 1.31. The minimum absolute atomic E-state index is 0.420. The van der Waals surface area contributed by atoms with E-state index in [1.807, 2.05) is 12.1 Å². The van der Waals surface area contributed by atoms with E-state index in [2.05, 4.69) is 11.1 Å². The Hall–Kier alpha value is -1.31. The van der Waals surface area contributed by atoms with Crippen LogP contribution in [0.25, 0.3) is 11.8 Å². The summed E-state index contributed by atoms with van der Waals surface area (Å²) in [5.41, 5.74) is 0. The van der Waals surface area contributed by atoms with E-state index in [1.165, 1.54) is 0 Å². The van der Waals surface area contributed by atoms with Crippen LogP contribution < -0.4 is 10.6 Å². The number of aliphatic hydroxyl groups excluding tert-OH is 1. The molecule has 2 heteroatoms. The monoisotopic (exact) mass is 147 g/mol. The Morgan fingerprint density at radius 2 is 2.36 bits per heavy atom. The van der Waals surface area contributed by atoms with Crippen LogP contribution in [0.3, 0.4) is 0 Å². The topological polar surface area (TPSA) is 33.1 Å². The fourth-order valence-corrected chi connectivity index (χ4v) is 1.31. The zero-order valence-corrected chi connectivity index (χ0v) is 6.12. The number of aromatic nitrogens is 1. The highest BCUT2D eigenvalue weighted by Crippen LogP contribution is 2.01. The summed E-state index contributed by atoms with van der Waals surface area (Å²) in [5.74, 6) is 0.420. The number of rotatable bonds is 0. The molecule has 0 saturated carbocycles. The lowest BCUT2D eigenvalue weighted by molar-refractivity contribution is 0.475. The van der Waals surface area contributed by atoms with Gasteiger partial charge >= 0.3 is 0 Å². The van der Waals surface area contributed by atoms with Gasteiger partial charge in [0.05, 0.1) is 0 Å². The Balaban J connectivity index is 2.89. The summed E-state index contributed by atoms with van der Waals surface area (Å²) in [5, 5.41) is 11.2. The molecule has 1 heterocycles. The lowest BCUT2D eigenvalue weighted by Crippen LogP contribution is -2.32. The van der Waals surface area contributed by atoms with Crippen LogP contribution in [-0.4, -0.2) is 10.1 Å². The molecule has 11 heavy (non-hydrogen) atoms. The number of fused-ring (bicyclic) bond motifs is 1. The third-order valence-electron chi connectivity index (χ3n) is 1.86. The molecule has 1 aromatic heterocycles. The van der Waals surface area contributed by atoms with Crippen molar-refractivity contribution in [3.8, 4) is 0 Å². The molecule has 0 unspecified atom stereocenters. The highest BCUT2D eigenvalue weighted by Gasteiger charge is 2.01. The molecular formula is C9H9NO. The predicted molar refractivity (Wildman–Crippen MR) is 43.2 cm³/mol. The van der Waals surface area contributed by atoms with Crippen molar-refractivity contribution >= 4 is 11.8 Å². The molecule has 0 spiro atoms. The Bertz CT molecular complexity index is 381. The van der Waals surface area contributed by atoms with Gasteiger partial charge in [-0.05, 0) is 17.7 Å². The first kappa shape index (κ1) is 6.40. The summed E-state index contributed by atoms with van der Waals surface area (Å²) in [6.07, 6.45) is 5.45. The number of hydrogen-bond acceptors (Lipinski definition) is 2. The molecule has 1 aliphatic carbocycles. The highest BCUT2D eigenvalue weighted by molar-refractivity contribution is 5.41. The first-order valence-corrected chi connectivity index (χ1v) is 3.71. The van der Waals surface area contributed by atoms with Gasteiger partial charge in [0.25, 0.3) is 0 Å². The summed E-state index contributed by atoms with van der Waals surface area (Å²) < 4.78 is 0. The van der Waals surface area contributed by atoms with Crippen LogP contribution in [0.1, 0.15) is 12.8 Å². The Kier molecular flexibility index (Phi) is 1.39. The van der Waals surface area contributed by atoms with Crippen LogP contribution in [0.15, 0.2) is 18.3 Å². The van der Waals surface area contributed by atoms with Crippen molar-refractivity contribution in [3.63, 3.8) is 0 Å². The van der Waals surface area contributed by atoms with Crippen LogP contribution >= 0.6 is 0 Å². The predicted octanol–water partition coefficient (Wildman–Crippen LogP) is 0.322. The van der Waals surface area contributed by atoms with E-state index < -0.39 is 0 Å². The first-order valence-electron chi connectivity index (χ1n) is 3.71. The van der Waals surface area contributed by atoms with Gasteiger partial charge in [-0.25, -0.2) is 0 Å². The normalized spacial score (nSPS) is 15.5. The number of pyridine rings is 1. The summed E-state index contributed by atoms with van der Waals surface area (Å²) in [6.45, 7) is 0. The standard InChI is InChI=1S/C9H9NO/c11-8-5-1-3-7-4-2-6-10-9(7)8/h2-4,6,11H,1,5H2. The summed E-state index contributed by atoms with van der Waals surface area (Å²) in [4.78, 5) is 4.08. The Labute approximate surface area is 64.5 Å². The number of aliphatic hydroxyl groups is 1. The minimum Gasteiger partial charge on any atom is -0.510 e. The summed E-state index contributed by atoms with van der Waals surface area (Å²) in [6, 6.07) is 3.85. The third-order valence-corrected chi connectivity index (χ3v) is 1.86. The van der Waals surface area contributed by atoms with Crippen LogP contribution in [0.2, 0.25) is 0 Å². The largest absolute Gasteiger partial charge is 0.510 e. The molecule has 0 saturated heterocycles. The molecule has 1 aliphatic rings. The molecule has 1 aromatic rings. The average Bonchev–Trinajstić information content (AvgIpc) is 2.06. The Morgan fingerprint density at radius 1 is 1.45 bits per heavy atom. The van der Waals surface area contributed by atoms with E-state index in [-0.39, 0.29) is 0 Å². The van der Waals surface area contributed by atoms with Gasteiger partial charge < -0.3 is 5.11 Å². The van der Waals surface area contributed by atoms with Crippen molar-refractivity contribution in [1.82, 2.24) is 4.98 Å². The van der Waals surface area contributed by atoms with E-state index in [0.29, 0.717) is 5.76 Å². The lowest BCUT2D eigenvalue weighted by Gasteiger charge is -2.02. The lowest BCUT2D eigenvalue weighted by atomic mass is 10.1. The molecule has 0 bridgehead atoms. The molecule has 0 fully saturated rings. The molecule has 2 rings (SSSR count). The molecule has 0 radical (unpaired) electrons. The second-order valence-electron chi connectivity index (χ2n) is 2.63. The minimum atomic E-state index is 0.420. The maximum atomic E-state index is 9.40. The van der Waals surface area contributed by atoms with Crippen molar-refractivity contribution in [3.05, 3.63) is 28.9 Å². The molecule has 0 aliphatic heterocycles. The van der Waals surface area contributed by atoms with Crippen molar-refractivity contribution in [2.45, 2.75) is 12.8 Å². The van der Waals surface area contributed by atoms with Gasteiger partial charge in [0.2, 0.25) is 0 Å². The summed E-state index contributed by atoms with van der Waals surface area (Å²) >= 11 is 0. The zero-order chi connectivity index (χ0) is 7.68. The van der Waals surface area contributed by atoms with Crippen molar-refractivity contribution in [2.24, 2.45) is 0 Å². The van der Waals surface area contributed by atoms with Crippen LogP contribution in [0.5, 0.6) is 0 Å². The molecule has 56 valence electrons. The first-order chi connectivity index (χ1) is 5.38. The van der Waals surface area contributed by atoms with Crippen LogP contribution in [0.4, 0.5) is 0 Å². The average molecular weight is 147 g/mol. The SMILES string of the molecule is OC1=c2ncccc2=CCC1. The van der Waals surface area contributed by atoms with Gasteiger partial charge in [-0.3, -0.25) is 4.98 Å². The zero-order valence-electron chi connectivity index (χ0n) is 6.12. The van der Waals surface area contributed by atoms with Gasteiger partial charge in [-0.2, -0.15) is 0 Å². The van der Waals surface area contributed by atoms with Crippen molar-refractivity contribution in [2.75, 3.05) is 0 Å². The molecule has 0 amide bonds. The van der Waals surface area contributed by atoms with Crippen LogP contribution in [-0.2, 0) is 0 Å². The number of hydrogen-bond donors (Lipinski definition) is 1. The van der Waals surface area contributed by atoms with E-state index in [9.17, 15) is 5.11 Å². The smallest absolute Gasteiger partial charge is 0.119 e. The maximum Gasteiger partial charge on any atom is 0.119 e. The van der Waals surface area contributed by atoms with Gasteiger partial charge in [0.15, 0.2) is 0 Å². The van der Waals surface area contributed by atoms with Gasteiger partial charge in [0, 0.05) is 12.6 Å². The molecule has 1 N–H and O–H groups in total. The van der Waals surface area contributed by atoms with Gasteiger partial charge in [-0.1, -0.05) is 12.1 Å². The van der Waals surface area contributed by atoms with E-state index in [4.69, 9.17) is 0 Å². The molecule has 0 aromatic carbocycles. The van der Waals surface area contributed by atoms with Crippen molar-refractivity contribution in [1.29, 1.82) is 0 Å². The maximum absolute atomic E-state index is 9.40. The van der Waals surface area contributed by atoms with E-state index in [0.717, 1.165) is 23.4 Å². The summed E-state index contributed by atoms with van der Waals surface area (Å²) in [7, 11) is 0. The number of nitrogens with zero attached hydrogens (tertiary/aromatic N) is 1. The molecule has 2 nitrogen and oxygen atoms in total. The van der Waals surface area contributed by atoms with Crippen molar-refractivity contribution < 1.29 is 5.11 Å². The Morgan fingerprint density at radius 3 is 3.18 bits per heavy atom. The highest BCUT2D eigenvalue weighted by atomic mass is 16.3. The second kappa shape index (κ2) is 2.38. The third kappa shape index (κ3) is 1.00. The van der Waals surface area contributed by atoms with Crippen LogP contribution in [0, 0.1) is 0 Å². The molecule has 0 atom stereocenters. The van der Waals surface area contributed by atoms with E-state index >= 15 is 0 Å².